The van der Waals surface area contributed by atoms with Gasteiger partial charge in [-0.1, -0.05) is 35.3 Å². The quantitative estimate of drug-likeness (QED) is 0.370. The Morgan fingerprint density at radius 2 is 1.76 bits per heavy atom. The maximum absolute atomic E-state index is 14.3. The molecule has 2 aromatic carbocycles. The minimum absolute atomic E-state index is 0.0108. The van der Waals surface area contributed by atoms with Crippen molar-refractivity contribution in [2.24, 2.45) is 0 Å². The Hall–Kier alpha value is -2.21. The van der Waals surface area contributed by atoms with Crippen LogP contribution >= 0.6 is 23.2 Å². The number of halogens is 8. The number of carbonyl (C=O) groups is 1. The molecule has 1 amide bonds. The first-order valence-electron chi connectivity index (χ1n) is 9.37. The van der Waals surface area contributed by atoms with E-state index >= 15 is 0 Å². The summed E-state index contributed by atoms with van der Waals surface area (Å²) in [7, 11) is 1.33. The molecule has 0 spiro atoms. The molecule has 0 radical (unpaired) electrons. The number of anilines is 1. The summed E-state index contributed by atoms with van der Waals surface area (Å²) in [6.45, 7) is 0. The molecule has 180 valence electrons. The Kier molecular flexibility index (Phi) is 7.09. The fourth-order valence-electron chi connectivity index (χ4n) is 3.56. The summed E-state index contributed by atoms with van der Waals surface area (Å²) in [4.78, 5) is 16.7. The van der Waals surface area contributed by atoms with Gasteiger partial charge in [0.15, 0.2) is 0 Å². The molecular weight excluding hydrogens is 499 g/mol. The van der Waals surface area contributed by atoms with Gasteiger partial charge < -0.3 is 0 Å². The van der Waals surface area contributed by atoms with Crippen molar-refractivity contribution in [2.45, 2.75) is 36.8 Å². The number of amides is 1. The summed E-state index contributed by atoms with van der Waals surface area (Å²) in [5, 5.41) is 1.07. The first-order valence-corrected chi connectivity index (χ1v) is 10.1. The molecule has 0 aliphatic carbocycles. The third-order valence-corrected chi connectivity index (χ3v) is 5.42. The molecule has 1 aliphatic heterocycles. The smallest absolute Gasteiger partial charge is 0.299 e. The molecule has 1 aliphatic rings. The van der Waals surface area contributed by atoms with Crippen LogP contribution in [0.3, 0.4) is 0 Å². The number of benzene rings is 2. The van der Waals surface area contributed by atoms with E-state index in [1.165, 1.54) is 37.4 Å². The first-order chi connectivity index (χ1) is 15.2. The number of alkyl halides is 6. The second-order valence-electron chi connectivity index (χ2n) is 7.43. The molecule has 1 saturated heterocycles. The molecule has 1 fully saturated rings. The number of rotatable bonds is 5. The average molecular weight is 516 g/mol. The van der Waals surface area contributed by atoms with E-state index in [0.717, 1.165) is 17.2 Å². The number of hydrazine groups is 1. The zero-order chi connectivity index (χ0) is 24.6. The zero-order valence-electron chi connectivity index (χ0n) is 16.8. The van der Waals surface area contributed by atoms with Crippen LogP contribution in [0.1, 0.15) is 30.0 Å². The van der Waals surface area contributed by atoms with E-state index in [1.807, 2.05) is 5.43 Å². The molecule has 2 N–H and O–H groups in total. The third kappa shape index (κ3) is 5.84. The highest BCUT2D eigenvalue weighted by Gasteiger charge is 2.63. The van der Waals surface area contributed by atoms with Crippen molar-refractivity contribution in [3.05, 3.63) is 63.6 Å². The van der Waals surface area contributed by atoms with E-state index in [-0.39, 0.29) is 21.3 Å². The highest BCUT2D eigenvalue weighted by atomic mass is 35.5. The van der Waals surface area contributed by atoms with Gasteiger partial charge in [-0.05, 0) is 41.5 Å². The first kappa shape index (κ1) is 25.4. The lowest BCUT2D eigenvalue weighted by molar-refractivity contribution is -0.322. The Bertz CT molecular complexity index is 1010. The van der Waals surface area contributed by atoms with Crippen molar-refractivity contribution < 1.29 is 36.0 Å². The predicted octanol–water partition coefficient (Wildman–Crippen LogP) is 6.15. The largest absolute Gasteiger partial charge is 0.423 e. The molecule has 3 rings (SSSR count). The highest BCUT2D eigenvalue weighted by molar-refractivity contribution is 6.34. The molecule has 5 nitrogen and oxygen atoms in total. The number of hydrogen-bond acceptors (Lipinski definition) is 4. The van der Waals surface area contributed by atoms with Crippen molar-refractivity contribution in [1.29, 1.82) is 0 Å². The number of hydrogen-bond donors (Lipinski definition) is 2. The topological polar surface area (TPSA) is 53.6 Å². The summed E-state index contributed by atoms with van der Waals surface area (Å²) < 4.78 is 79.6. The summed E-state index contributed by atoms with van der Waals surface area (Å²) in [6.07, 6.45) is -11.7. The third-order valence-electron chi connectivity index (χ3n) is 4.98. The molecule has 0 bridgehead atoms. The minimum atomic E-state index is -4.83. The maximum atomic E-state index is 14.3. The van der Waals surface area contributed by atoms with Crippen LogP contribution in [0.5, 0.6) is 0 Å². The van der Waals surface area contributed by atoms with Gasteiger partial charge >= 0.3 is 12.4 Å². The number of hydroxylamine groups is 2. The van der Waals surface area contributed by atoms with Crippen molar-refractivity contribution in [2.75, 3.05) is 12.5 Å². The maximum Gasteiger partial charge on any atom is 0.423 e. The molecule has 0 saturated carbocycles. The lowest BCUT2D eigenvalue weighted by atomic mass is 9.85. The zero-order valence-corrected chi connectivity index (χ0v) is 18.3. The van der Waals surface area contributed by atoms with E-state index in [9.17, 15) is 31.1 Å². The second-order valence-corrected chi connectivity index (χ2v) is 8.30. The summed E-state index contributed by atoms with van der Waals surface area (Å²) in [5.41, 5.74) is 1.77. The number of carbonyl (C=O) groups excluding carboxylic acids is 1. The molecule has 13 heteroatoms. The summed E-state index contributed by atoms with van der Waals surface area (Å²) in [6, 6.07) is 8.51. The van der Waals surface area contributed by atoms with Crippen molar-refractivity contribution in [3.63, 3.8) is 0 Å². The second kappa shape index (κ2) is 9.21. The molecule has 2 unspecified atom stereocenters. The van der Waals surface area contributed by atoms with Gasteiger partial charge in [-0.2, -0.15) is 31.4 Å². The van der Waals surface area contributed by atoms with Gasteiger partial charge in [0.1, 0.15) is 6.42 Å². The van der Waals surface area contributed by atoms with Crippen molar-refractivity contribution in [3.8, 4) is 0 Å². The monoisotopic (exact) mass is 515 g/mol. The molecule has 2 aromatic rings. The van der Waals surface area contributed by atoms with Crippen LogP contribution in [-0.2, 0) is 15.2 Å². The molecule has 1 heterocycles. The van der Waals surface area contributed by atoms with Crippen LogP contribution in [-0.4, -0.2) is 30.4 Å². The van der Waals surface area contributed by atoms with Gasteiger partial charge in [0.2, 0.25) is 11.5 Å². The lowest BCUT2D eigenvalue weighted by Crippen LogP contribution is -2.42. The molecule has 33 heavy (non-hydrogen) atoms. The Morgan fingerprint density at radius 3 is 2.33 bits per heavy atom. The van der Waals surface area contributed by atoms with Gasteiger partial charge in [-0.3, -0.25) is 20.5 Å². The fraction of sp³-hybridized carbons (Fsp3) is 0.350. The van der Waals surface area contributed by atoms with Gasteiger partial charge in [-0.25, -0.2) is 0 Å². The van der Waals surface area contributed by atoms with E-state index in [0.29, 0.717) is 5.56 Å². The van der Waals surface area contributed by atoms with Crippen LogP contribution in [0.25, 0.3) is 0 Å². The standard InChI is InChI=1S/C20H17Cl2F6N3O2/c1-31-16(11-3-2-4-15(5-11)29-30-17(32)10-19(23,24)25)9-18(33-31,20(26,27)28)12-6-13(21)8-14(22)7-12/h2-8,16,29H,9-10H2,1H3,(H,30,32). The number of nitrogens with zero attached hydrogens (tertiary/aromatic N) is 1. The summed E-state index contributed by atoms with van der Waals surface area (Å²) in [5.74, 6) is -1.32. The highest BCUT2D eigenvalue weighted by Crippen LogP contribution is 2.54. The van der Waals surface area contributed by atoms with E-state index in [2.05, 4.69) is 5.43 Å². The lowest BCUT2D eigenvalue weighted by Gasteiger charge is -2.31. The van der Waals surface area contributed by atoms with Crippen LogP contribution < -0.4 is 10.9 Å². The Morgan fingerprint density at radius 1 is 1.12 bits per heavy atom. The minimum Gasteiger partial charge on any atom is -0.299 e. The molecule has 0 aromatic heterocycles. The summed E-state index contributed by atoms with van der Waals surface area (Å²) >= 11 is 11.8. The number of nitrogens with one attached hydrogen (secondary N) is 2. The molecular formula is C20H17Cl2F6N3O2. The van der Waals surface area contributed by atoms with Crippen LogP contribution in [0.15, 0.2) is 42.5 Å². The van der Waals surface area contributed by atoms with Crippen LogP contribution in [0.2, 0.25) is 10.0 Å². The Labute approximate surface area is 194 Å². The van der Waals surface area contributed by atoms with Crippen LogP contribution in [0, 0.1) is 0 Å². The van der Waals surface area contributed by atoms with Gasteiger partial charge in [0.05, 0.1) is 11.7 Å². The average Bonchev–Trinajstić information content (AvgIpc) is 3.03. The Balaban J connectivity index is 1.86. The predicted molar refractivity (Wildman–Crippen MR) is 109 cm³/mol. The SMILES string of the molecule is CN1OC(c2cc(Cl)cc(Cl)c2)(C(F)(F)F)CC1c1cccc(NNC(=O)CC(F)(F)F)c1. The van der Waals surface area contributed by atoms with Crippen LogP contribution in [0.4, 0.5) is 32.0 Å². The fourth-order valence-corrected chi connectivity index (χ4v) is 4.08. The van der Waals surface area contributed by atoms with Gasteiger partial charge in [0.25, 0.3) is 0 Å². The van der Waals surface area contributed by atoms with Gasteiger partial charge in [-0.15, -0.1) is 0 Å². The van der Waals surface area contributed by atoms with Crippen molar-refractivity contribution in [1.82, 2.24) is 10.5 Å². The van der Waals surface area contributed by atoms with E-state index in [1.54, 1.807) is 0 Å². The van der Waals surface area contributed by atoms with Crippen molar-refractivity contribution >= 4 is 34.8 Å². The van der Waals surface area contributed by atoms with E-state index in [4.69, 9.17) is 28.0 Å². The van der Waals surface area contributed by atoms with E-state index < -0.39 is 42.7 Å². The van der Waals surface area contributed by atoms with Gasteiger partial charge in [0, 0.05) is 23.5 Å². The molecule has 2 atom stereocenters. The normalized spacial score (nSPS) is 21.8.